The van der Waals surface area contributed by atoms with Gasteiger partial charge in [-0.3, -0.25) is 0 Å². The van der Waals surface area contributed by atoms with Crippen LogP contribution in [0.3, 0.4) is 0 Å². The maximum atomic E-state index is 13.4. The van der Waals surface area contributed by atoms with Crippen molar-refractivity contribution in [1.82, 2.24) is 15.1 Å². The molecule has 0 radical (unpaired) electrons. The fraction of sp³-hybridized carbons (Fsp3) is 0.950. The first kappa shape index (κ1) is 18.0. The molecule has 4 nitrogen and oxygen atoms in total. The molecule has 138 valence electrons. The third kappa shape index (κ3) is 4.07. The van der Waals surface area contributed by atoms with Crippen molar-refractivity contribution in [2.24, 2.45) is 5.92 Å². The van der Waals surface area contributed by atoms with Crippen molar-refractivity contribution >= 4 is 6.03 Å². The second kappa shape index (κ2) is 8.55. The Hall–Kier alpha value is -0.770. The highest BCUT2D eigenvalue weighted by Crippen LogP contribution is 2.35. The van der Waals surface area contributed by atoms with E-state index in [4.69, 9.17) is 0 Å². The lowest BCUT2D eigenvalue weighted by atomic mass is 9.82. The molecule has 0 aromatic rings. The van der Waals surface area contributed by atoms with Gasteiger partial charge in [-0.15, -0.1) is 0 Å². The van der Waals surface area contributed by atoms with Crippen LogP contribution < -0.4 is 5.32 Å². The molecule has 0 atom stereocenters. The van der Waals surface area contributed by atoms with Gasteiger partial charge in [-0.05, 0) is 64.0 Å². The molecule has 2 saturated heterocycles. The van der Waals surface area contributed by atoms with Crippen LogP contribution >= 0.6 is 0 Å². The van der Waals surface area contributed by atoms with E-state index in [1.807, 2.05) is 0 Å². The second-order valence-electron chi connectivity index (χ2n) is 8.32. The summed E-state index contributed by atoms with van der Waals surface area (Å²) in [5, 5.41) is 3.49. The minimum atomic E-state index is 0.138. The van der Waals surface area contributed by atoms with Crippen molar-refractivity contribution in [3.05, 3.63) is 0 Å². The zero-order chi connectivity index (χ0) is 16.8. The summed E-state index contributed by atoms with van der Waals surface area (Å²) < 4.78 is 0. The molecule has 1 saturated carbocycles. The van der Waals surface area contributed by atoms with Crippen LogP contribution in [0.25, 0.3) is 0 Å². The highest BCUT2D eigenvalue weighted by molar-refractivity contribution is 5.76. The molecule has 0 aromatic heterocycles. The van der Waals surface area contributed by atoms with E-state index >= 15 is 0 Å². The lowest BCUT2D eigenvalue weighted by molar-refractivity contribution is 0.0678. The zero-order valence-corrected chi connectivity index (χ0v) is 15.7. The standard InChI is InChI=1S/C20H37N3O/c1-2-3-16-23-19(24)22(17-18-8-5-4-6-9-18)15-7-10-20(23)11-13-21-14-12-20/h18,21H,2-17H2,1H3. The van der Waals surface area contributed by atoms with Crippen LogP contribution in [0.2, 0.25) is 0 Å². The van der Waals surface area contributed by atoms with Crippen molar-refractivity contribution in [2.45, 2.75) is 83.1 Å². The molecule has 0 bridgehead atoms. The van der Waals surface area contributed by atoms with Crippen LogP contribution in [0.4, 0.5) is 4.79 Å². The molecule has 0 aromatic carbocycles. The van der Waals surface area contributed by atoms with Crippen LogP contribution in [0.15, 0.2) is 0 Å². The van der Waals surface area contributed by atoms with Gasteiger partial charge in [-0.25, -0.2) is 4.79 Å². The summed E-state index contributed by atoms with van der Waals surface area (Å²) in [6.07, 6.45) is 13.7. The normalized spacial score (nSPS) is 26.0. The summed E-state index contributed by atoms with van der Waals surface area (Å²) in [5.41, 5.74) is 0.138. The van der Waals surface area contributed by atoms with E-state index in [0.29, 0.717) is 6.03 Å². The number of amides is 2. The molecule has 2 amide bonds. The van der Waals surface area contributed by atoms with Crippen molar-refractivity contribution < 1.29 is 4.79 Å². The van der Waals surface area contributed by atoms with Crippen molar-refractivity contribution in [3.63, 3.8) is 0 Å². The fourth-order valence-corrected chi connectivity index (χ4v) is 5.12. The Morgan fingerprint density at radius 2 is 1.83 bits per heavy atom. The summed E-state index contributed by atoms with van der Waals surface area (Å²) in [6, 6.07) is 0.355. The van der Waals surface area contributed by atoms with E-state index in [1.165, 1.54) is 51.4 Å². The molecule has 0 unspecified atom stereocenters. The molecule has 1 spiro atoms. The molecule has 3 fully saturated rings. The second-order valence-corrected chi connectivity index (χ2v) is 8.32. The first-order chi connectivity index (χ1) is 11.7. The molecule has 24 heavy (non-hydrogen) atoms. The van der Waals surface area contributed by atoms with Gasteiger partial charge in [0.1, 0.15) is 0 Å². The van der Waals surface area contributed by atoms with Crippen LogP contribution in [-0.4, -0.2) is 54.1 Å². The number of nitrogens with one attached hydrogen (secondary N) is 1. The summed E-state index contributed by atoms with van der Waals surface area (Å²) in [4.78, 5) is 18.0. The van der Waals surface area contributed by atoms with Gasteiger partial charge in [-0.2, -0.15) is 0 Å². The first-order valence-electron chi connectivity index (χ1n) is 10.5. The molecule has 4 heteroatoms. The smallest absolute Gasteiger partial charge is 0.320 e. The Bertz CT molecular complexity index is 400. The lowest BCUT2D eigenvalue weighted by Gasteiger charge is -2.46. The Morgan fingerprint density at radius 3 is 2.54 bits per heavy atom. The summed E-state index contributed by atoms with van der Waals surface area (Å²) >= 11 is 0. The van der Waals surface area contributed by atoms with Gasteiger partial charge in [0, 0.05) is 25.2 Å². The van der Waals surface area contributed by atoms with Gasteiger partial charge in [-0.1, -0.05) is 32.6 Å². The van der Waals surface area contributed by atoms with Gasteiger partial charge < -0.3 is 15.1 Å². The fourth-order valence-electron chi connectivity index (χ4n) is 5.12. The summed E-state index contributed by atoms with van der Waals surface area (Å²) in [7, 11) is 0. The topological polar surface area (TPSA) is 35.6 Å². The maximum Gasteiger partial charge on any atom is 0.320 e. The van der Waals surface area contributed by atoms with E-state index in [2.05, 4.69) is 22.0 Å². The number of urea groups is 1. The third-order valence-electron chi connectivity index (χ3n) is 6.62. The lowest BCUT2D eigenvalue weighted by Crippen LogP contribution is -2.58. The minimum Gasteiger partial charge on any atom is -0.324 e. The zero-order valence-electron chi connectivity index (χ0n) is 15.7. The van der Waals surface area contributed by atoms with E-state index in [1.54, 1.807) is 0 Å². The molecule has 1 aliphatic carbocycles. The average Bonchev–Trinajstić information content (AvgIpc) is 2.73. The monoisotopic (exact) mass is 335 g/mol. The van der Waals surface area contributed by atoms with Gasteiger partial charge in [0.25, 0.3) is 0 Å². The third-order valence-corrected chi connectivity index (χ3v) is 6.62. The van der Waals surface area contributed by atoms with Crippen molar-refractivity contribution in [1.29, 1.82) is 0 Å². The minimum absolute atomic E-state index is 0.138. The number of unbranched alkanes of at least 4 members (excludes halogenated alkanes) is 1. The maximum absolute atomic E-state index is 13.4. The molecule has 3 aliphatic rings. The predicted octanol–water partition coefficient (Wildman–Crippen LogP) is 4.01. The number of piperidine rings is 1. The number of carbonyl (C=O) groups excluding carboxylic acids is 1. The number of hydrogen-bond acceptors (Lipinski definition) is 2. The van der Waals surface area contributed by atoms with Gasteiger partial charge in [0.2, 0.25) is 0 Å². The van der Waals surface area contributed by atoms with Crippen LogP contribution in [-0.2, 0) is 0 Å². The highest BCUT2D eigenvalue weighted by atomic mass is 16.2. The Kier molecular flexibility index (Phi) is 6.43. The molecular weight excluding hydrogens is 298 g/mol. The Balaban J connectivity index is 1.72. The molecule has 2 aliphatic heterocycles. The first-order valence-corrected chi connectivity index (χ1v) is 10.5. The molecule has 1 N–H and O–H groups in total. The van der Waals surface area contributed by atoms with E-state index in [-0.39, 0.29) is 5.54 Å². The van der Waals surface area contributed by atoms with Crippen molar-refractivity contribution in [2.75, 3.05) is 32.7 Å². The average molecular weight is 336 g/mol. The SMILES string of the molecule is CCCCN1C(=O)N(CC2CCCCC2)CCCC12CCNCC2. The van der Waals surface area contributed by atoms with E-state index in [0.717, 1.165) is 57.9 Å². The van der Waals surface area contributed by atoms with E-state index in [9.17, 15) is 4.79 Å². The van der Waals surface area contributed by atoms with Crippen molar-refractivity contribution in [3.8, 4) is 0 Å². The number of hydrogen-bond donors (Lipinski definition) is 1. The Labute approximate surface area is 148 Å². The van der Waals surface area contributed by atoms with Crippen LogP contribution in [0, 0.1) is 5.92 Å². The van der Waals surface area contributed by atoms with E-state index < -0.39 is 0 Å². The Morgan fingerprint density at radius 1 is 1.08 bits per heavy atom. The van der Waals surface area contributed by atoms with Gasteiger partial charge >= 0.3 is 6.03 Å². The van der Waals surface area contributed by atoms with Gasteiger partial charge in [0.05, 0.1) is 0 Å². The highest BCUT2D eigenvalue weighted by Gasteiger charge is 2.43. The number of rotatable bonds is 5. The largest absolute Gasteiger partial charge is 0.324 e. The van der Waals surface area contributed by atoms with Gasteiger partial charge in [0.15, 0.2) is 0 Å². The molecule has 3 rings (SSSR count). The van der Waals surface area contributed by atoms with Crippen LogP contribution in [0.1, 0.15) is 77.6 Å². The number of nitrogens with zero attached hydrogens (tertiary/aromatic N) is 2. The molecule has 2 heterocycles. The molecular formula is C20H37N3O. The van der Waals surface area contributed by atoms with Crippen LogP contribution in [0.5, 0.6) is 0 Å². The number of carbonyl (C=O) groups is 1. The summed E-state index contributed by atoms with van der Waals surface area (Å²) in [5.74, 6) is 0.748. The predicted molar refractivity (Wildman–Crippen MR) is 99.2 cm³/mol. The summed E-state index contributed by atoms with van der Waals surface area (Å²) in [6.45, 7) is 7.31. The quantitative estimate of drug-likeness (QED) is 0.824.